The van der Waals surface area contributed by atoms with Gasteiger partial charge in [-0.3, -0.25) is 0 Å². The van der Waals surface area contributed by atoms with E-state index in [9.17, 15) is 4.79 Å². The molecule has 3 heteroatoms. The van der Waals surface area contributed by atoms with Crippen molar-refractivity contribution in [3.63, 3.8) is 0 Å². The van der Waals surface area contributed by atoms with E-state index < -0.39 is 0 Å². The number of nitrogens with two attached hydrogens (primary N) is 1. The topological polar surface area (TPSA) is 43.1 Å². The second-order valence-electron chi connectivity index (χ2n) is 1.28. The van der Waals surface area contributed by atoms with Crippen LogP contribution in [0.3, 0.4) is 0 Å². The van der Waals surface area contributed by atoms with E-state index in [0.717, 1.165) is 18.0 Å². The summed E-state index contributed by atoms with van der Waals surface area (Å²) >= 11 is 3.15. The predicted molar refractivity (Wildman–Crippen MR) is 32.5 cm³/mol. The van der Waals surface area contributed by atoms with Crippen LogP contribution in [-0.4, -0.2) is 17.7 Å². The van der Waals surface area contributed by atoms with Crippen LogP contribution in [0.25, 0.3) is 0 Å². The summed E-state index contributed by atoms with van der Waals surface area (Å²) in [5.74, 6) is 0. The fraction of sp³-hybridized carbons (Fsp3) is 0.750. The van der Waals surface area contributed by atoms with Gasteiger partial charge < -0.3 is 10.5 Å². The molecule has 0 unspecified atom stereocenters. The molecule has 2 N–H and O–H groups in total. The van der Waals surface area contributed by atoms with Crippen LogP contribution < -0.4 is 5.73 Å². The molecule has 0 saturated heterocycles. The Morgan fingerprint density at radius 1 is 1.86 bits per heavy atom. The van der Waals surface area contributed by atoms with Gasteiger partial charge in [-0.15, -0.1) is 0 Å². The Kier molecular flexibility index (Phi) is 4.34. The lowest BCUT2D eigenvalue weighted by atomic mass is 10.3. The number of alkyl halides is 1. The largest absolute Gasteiger partial charge is 0.322 e. The summed E-state index contributed by atoms with van der Waals surface area (Å²) in [5, 5.41) is 0.799. The smallest absolute Gasteiger partial charge is 0.136 e. The highest BCUT2D eigenvalue weighted by atomic mass is 79.9. The molecule has 0 spiro atoms. The molecule has 0 heterocycles. The van der Waals surface area contributed by atoms with Gasteiger partial charge in [0, 0.05) is 5.33 Å². The third-order valence-electron chi connectivity index (χ3n) is 0.617. The molecule has 1 atom stereocenters. The number of carbonyl (C=O) groups excluding carboxylic acids is 1. The molecule has 0 rings (SSSR count). The molecule has 0 saturated carbocycles. The molecular weight excluding hydrogens is 158 g/mol. The standard InChI is InChI=1S/C4H8BrNO/c5-2-1-4(6)3-7/h3-4H,1-2,6H2/t4-/m0/s1. The number of hydrogen-bond donors (Lipinski definition) is 1. The third kappa shape index (κ3) is 3.95. The van der Waals surface area contributed by atoms with E-state index in [4.69, 9.17) is 5.73 Å². The highest BCUT2D eigenvalue weighted by Gasteiger charge is 1.94. The van der Waals surface area contributed by atoms with Crippen molar-refractivity contribution < 1.29 is 4.79 Å². The number of rotatable bonds is 3. The van der Waals surface area contributed by atoms with Crippen molar-refractivity contribution in [2.75, 3.05) is 5.33 Å². The van der Waals surface area contributed by atoms with Crippen LogP contribution in [0.15, 0.2) is 0 Å². The lowest BCUT2D eigenvalue weighted by Crippen LogP contribution is -2.21. The number of aldehydes is 1. The van der Waals surface area contributed by atoms with Gasteiger partial charge in [0.15, 0.2) is 0 Å². The second-order valence-corrected chi connectivity index (χ2v) is 2.07. The highest BCUT2D eigenvalue weighted by molar-refractivity contribution is 9.09. The quantitative estimate of drug-likeness (QED) is 0.483. The Bertz CT molecular complexity index is 57.7. The van der Waals surface area contributed by atoms with E-state index in [-0.39, 0.29) is 6.04 Å². The molecule has 0 aliphatic carbocycles. The summed E-state index contributed by atoms with van der Waals surface area (Å²) in [6, 6.07) is -0.278. The first-order valence-corrected chi connectivity index (χ1v) is 3.20. The normalized spacial score (nSPS) is 13.4. The summed E-state index contributed by atoms with van der Waals surface area (Å²) in [6.07, 6.45) is 1.48. The average Bonchev–Trinajstić information content (AvgIpc) is 1.68. The molecule has 42 valence electrons. The van der Waals surface area contributed by atoms with Gasteiger partial charge >= 0.3 is 0 Å². The highest BCUT2D eigenvalue weighted by Crippen LogP contribution is 1.88. The minimum absolute atomic E-state index is 0.278. The summed E-state index contributed by atoms with van der Waals surface area (Å²) in [4.78, 5) is 9.75. The van der Waals surface area contributed by atoms with Crippen molar-refractivity contribution in [1.82, 2.24) is 0 Å². The average molecular weight is 166 g/mol. The first-order valence-electron chi connectivity index (χ1n) is 2.08. The molecule has 0 aromatic carbocycles. The van der Waals surface area contributed by atoms with Gasteiger partial charge in [-0.25, -0.2) is 0 Å². The maximum Gasteiger partial charge on any atom is 0.136 e. The van der Waals surface area contributed by atoms with Crippen LogP contribution in [-0.2, 0) is 4.79 Å². The Balaban J connectivity index is 2.98. The summed E-state index contributed by atoms with van der Waals surface area (Å²) in [6.45, 7) is 0. The molecule has 0 bridgehead atoms. The van der Waals surface area contributed by atoms with Crippen molar-refractivity contribution in [1.29, 1.82) is 0 Å². The molecule has 0 fully saturated rings. The molecule has 0 amide bonds. The van der Waals surface area contributed by atoms with Crippen LogP contribution in [0.5, 0.6) is 0 Å². The minimum atomic E-state index is -0.278. The fourth-order valence-electron chi connectivity index (χ4n) is 0.194. The SMILES string of the molecule is N[C@H](C=O)CCBr. The molecule has 7 heavy (non-hydrogen) atoms. The van der Waals surface area contributed by atoms with E-state index in [2.05, 4.69) is 15.9 Å². The monoisotopic (exact) mass is 165 g/mol. The van der Waals surface area contributed by atoms with Crippen LogP contribution in [0.1, 0.15) is 6.42 Å². The molecule has 0 aromatic rings. The zero-order valence-corrected chi connectivity index (χ0v) is 5.52. The van der Waals surface area contributed by atoms with Crippen LogP contribution in [0.2, 0.25) is 0 Å². The van der Waals surface area contributed by atoms with Crippen molar-refractivity contribution in [2.45, 2.75) is 12.5 Å². The van der Waals surface area contributed by atoms with Crippen LogP contribution in [0.4, 0.5) is 0 Å². The molecule has 0 aromatic heterocycles. The van der Waals surface area contributed by atoms with Gasteiger partial charge in [-0.1, -0.05) is 15.9 Å². The van der Waals surface area contributed by atoms with Gasteiger partial charge in [0.25, 0.3) is 0 Å². The van der Waals surface area contributed by atoms with Crippen LogP contribution in [0, 0.1) is 0 Å². The Morgan fingerprint density at radius 3 is 2.57 bits per heavy atom. The van der Waals surface area contributed by atoms with E-state index in [1.165, 1.54) is 0 Å². The van der Waals surface area contributed by atoms with Crippen molar-refractivity contribution in [2.24, 2.45) is 5.73 Å². The van der Waals surface area contributed by atoms with Crippen molar-refractivity contribution in [3.8, 4) is 0 Å². The number of halogens is 1. The van der Waals surface area contributed by atoms with Crippen LogP contribution >= 0.6 is 15.9 Å². The third-order valence-corrected chi connectivity index (χ3v) is 1.08. The van der Waals surface area contributed by atoms with Gasteiger partial charge in [0.1, 0.15) is 6.29 Å². The van der Waals surface area contributed by atoms with Crippen molar-refractivity contribution >= 4 is 22.2 Å². The van der Waals surface area contributed by atoms with E-state index in [1.54, 1.807) is 0 Å². The van der Waals surface area contributed by atoms with Crippen molar-refractivity contribution in [3.05, 3.63) is 0 Å². The summed E-state index contributed by atoms with van der Waals surface area (Å²) in [7, 11) is 0. The zero-order chi connectivity index (χ0) is 5.70. The number of carbonyl (C=O) groups is 1. The maximum atomic E-state index is 9.75. The first-order chi connectivity index (χ1) is 3.31. The fourth-order valence-corrected chi connectivity index (χ4v) is 0.723. The Labute approximate surface area is 51.2 Å². The van der Waals surface area contributed by atoms with E-state index >= 15 is 0 Å². The molecule has 0 aliphatic heterocycles. The molecule has 2 nitrogen and oxygen atoms in total. The first kappa shape index (κ1) is 7.11. The Hall–Kier alpha value is 0.110. The van der Waals surface area contributed by atoms with E-state index in [1.807, 2.05) is 0 Å². The molecular formula is C4H8BrNO. The minimum Gasteiger partial charge on any atom is -0.322 e. The lowest BCUT2D eigenvalue weighted by Gasteiger charge is -1.94. The summed E-state index contributed by atoms with van der Waals surface area (Å²) in [5.41, 5.74) is 5.19. The number of hydrogen-bond acceptors (Lipinski definition) is 2. The predicted octanol–water partition coefficient (Wildman–Crippen LogP) is 0.298. The second kappa shape index (κ2) is 4.27. The summed E-state index contributed by atoms with van der Waals surface area (Å²) < 4.78 is 0. The van der Waals surface area contributed by atoms with Gasteiger partial charge in [0.05, 0.1) is 6.04 Å². The zero-order valence-electron chi connectivity index (χ0n) is 3.93. The maximum absolute atomic E-state index is 9.75. The van der Waals surface area contributed by atoms with Gasteiger partial charge in [-0.05, 0) is 6.42 Å². The Morgan fingerprint density at radius 2 is 2.43 bits per heavy atom. The molecule has 0 radical (unpaired) electrons. The molecule has 0 aliphatic rings. The lowest BCUT2D eigenvalue weighted by molar-refractivity contribution is -0.108. The van der Waals surface area contributed by atoms with Gasteiger partial charge in [0.2, 0.25) is 0 Å². The van der Waals surface area contributed by atoms with E-state index in [0.29, 0.717) is 0 Å². The van der Waals surface area contributed by atoms with Gasteiger partial charge in [-0.2, -0.15) is 0 Å².